The summed E-state index contributed by atoms with van der Waals surface area (Å²) in [6.45, 7) is 5.18. The van der Waals surface area contributed by atoms with Crippen LogP contribution in [-0.2, 0) is 19.1 Å². The summed E-state index contributed by atoms with van der Waals surface area (Å²) < 4.78 is 9.55. The van der Waals surface area contributed by atoms with Crippen molar-refractivity contribution in [3.05, 3.63) is 64.5 Å². The zero-order valence-electron chi connectivity index (χ0n) is 22.4. The van der Waals surface area contributed by atoms with Gasteiger partial charge in [0.15, 0.2) is 0 Å². The van der Waals surface area contributed by atoms with E-state index in [1.807, 2.05) is 13.8 Å². The summed E-state index contributed by atoms with van der Waals surface area (Å²) in [4.78, 5) is 68.6. The number of carboxylic acids is 1. The number of carbonyl (C=O) groups is 5. The second kappa shape index (κ2) is 13.2. The Kier molecular flexibility index (Phi) is 9.79. The molecule has 5 N–H and O–H groups in total. The van der Waals surface area contributed by atoms with Crippen molar-refractivity contribution < 1.29 is 38.6 Å². The van der Waals surface area contributed by atoms with Gasteiger partial charge in [-0.1, -0.05) is 13.0 Å². The number of aliphatic carboxylic acids is 1. The predicted octanol–water partition coefficient (Wildman–Crippen LogP) is 2.69. The first kappa shape index (κ1) is 29.6. The van der Waals surface area contributed by atoms with Gasteiger partial charge < -0.3 is 30.6 Å². The van der Waals surface area contributed by atoms with Crippen LogP contribution < -0.4 is 11.1 Å². The summed E-state index contributed by atoms with van der Waals surface area (Å²) in [5, 5.41) is 11.3. The number of imide groups is 1. The van der Waals surface area contributed by atoms with Crippen LogP contribution in [-0.4, -0.2) is 70.1 Å². The fraction of sp³-hybridized carbons (Fsp3) is 0.333. The quantitative estimate of drug-likeness (QED) is 0.106. The Balaban J connectivity index is 1.75. The molecule has 40 heavy (non-hydrogen) atoms. The Morgan fingerprint density at radius 2 is 1.90 bits per heavy atom. The van der Waals surface area contributed by atoms with Crippen molar-refractivity contribution in [1.29, 1.82) is 0 Å². The Bertz CT molecular complexity index is 1370. The molecule has 3 rings (SSSR count). The lowest BCUT2D eigenvalue weighted by Crippen LogP contribution is -2.39. The van der Waals surface area contributed by atoms with E-state index < -0.39 is 30.7 Å². The van der Waals surface area contributed by atoms with E-state index in [-0.39, 0.29) is 23.3 Å². The van der Waals surface area contributed by atoms with Crippen LogP contribution in [0.25, 0.3) is 0 Å². The number of nitrogens with one attached hydrogen (secondary N) is 2. The number of nitrogens with two attached hydrogens (primary N) is 1. The Morgan fingerprint density at radius 1 is 1.18 bits per heavy atom. The van der Waals surface area contributed by atoms with Crippen molar-refractivity contribution in [3.63, 3.8) is 0 Å². The molecule has 1 fully saturated rings. The van der Waals surface area contributed by atoms with Gasteiger partial charge in [0.05, 0.1) is 16.9 Å². The maximum Gasteiger partial charge on any atom is 0.419 e. The van der Waals surface area contributed by atoms with Gasteiger partial charge in [0.1, 0.15) is 5.84 Å². The number of esters is 1. The van der Waals surface area contributed by atoms with E-state index in [1.165, 1.54) is 6.20 Å². The molecule has 1 aromatic carbocycles. The fourth-order valence-corrected chi connectivity index (χ4v) is 3.64. The van der Waals surface area contributed by atoms with Gasteiger partial charge in [-0.25, -0.2) is 24.3 Å². The van der Waals surface area contributed by atoms with E-state index in [4.69, 9.17) is 15.6 Å². The van der Waals surface area contributed by atoms with E-state index in [2.05, 4.69) is 20.0 Å². The third-order valence-corrected chi connectivity index (χ3v) is 5.95. The minimum Gasteiger partial charge on any atom is -0.478 e. The summed E-state index contributed by atoms with van der Waals surface area (Å²) in [6, 6.07) is 4.72. The second-order valence-corrected chi connectivity index (χ2v) is 9.03. The fourth-order valence-electron chi connectivity index (χ4n) is 3.64. The van der Waals surface area contributed by atoms with Crippen LogP contribution in [0.3, 0.4) is 0 Å². The number of aromatic amines is 1. The molecule has 0 unspecified atom stereocenters. The lowest BCUT2D eigenvalue weighted by molar-refractivity contribution is -0.146. The monoisotopic (exact) mass is 553 g/mol. The molecule has 1 aromatic heterocycles. The molecule has 1 aliphatic carbocycles. The number of aliphatic imine (C=N–C) groups is 1. The number of benzene rings is 1. The number of aromatic nitrogens is 1. The first-order valence-corrected chi connectivity index (χ1v) is 12.5. The molecule has 3 amide bonds. The predicted molar refractivity (Wildman–Crippen MR) is 143 cm³/mol. The summed E-state index contributed by atoms with van der Waals surface area (Å²) in [6.07, 6.45) is 3.62. The van der Waals surface area contributed by atoms with Crippen molar-refractivity contribution in [3.8, 4) is 0 Å². The topological polar surface area (TPSA) is 193 Å². The van der Waals surface area contributed by atoms with Gasteiger partial charge in [-0.2, -0.15) is 0 Å². The van der Waals surface area contributed by atoms with Crippen molar-refractivity contribution in [1.82, 2.24) is 15.2 Å². The Labute approximate surface area is 230 Å². The molecule has 0 atom stereocenters. The minimum absolute atomic E-state index is 0.0765. The van der Waals surface area contributed by atoms with E-state index in [0.29, 0.717) is 54.0 Å². The van der Waals surface area contributed by atoms with Crippen LogP contribution in [0.1, 0.15) is 63.7 Å². The molecule has 0 radical (unpaired) electrons. The first-order chi connectivity index (χ1) is 19.0. The average Bonchev–Trinajstić information content (AvgIpc) is 3.66. The van der Waals surface area contributed by atoms with Gasteiger partial charge in [0.25, 0.3) is 11.8 Å². The summed E-state index contributed by atoms with van der Waals surface area (Å²) in [7, 11) is 0. The highest BCUT2D eigenvalue weighted by Gasteiger charge is 2.40. The number of rotatable bonds is 11. The van der Waals surface area contributed by atoms with Crippen molar-refractivity contribution in [2.45, 2.75) is 46.1 Å². The highest BCUT2D eigenvalue weighted by molar-refractivity contribution is 6.08. The number of H-pyrrole nitrogens is 1. The smallest absolute Gasteiger partial charge is 0.419 e. The summed E-state index contributed by atoms with van der Waals surface area (Å²) in [5.41, 5.74) is 8.97. The standard InChI is InChI=1S/C27H31N5O8/c1-4-11-29-25(36)17-6-5-15(2)20(12-17)31-24(28)23-16(3)19(13-30-23)26(37)32(18-7-8-18)27(38)40-14-39-22(35)10-9-21(33)34/h5-6,9-10,12-13,18,30H,4,7-8,11,14H2,1-3H3,(H2,28,31)(H,29,36)(H,33,34)/b10-9+. The van der Waals surface area contributed by atoms with Gasteiger partial charge in [0.2, 0.25) is 6.79 Å². The normalized spacial score (nSPS) is 13.1. The van der Waals surface area contributed by atoms with Gasteiger partial charge in [-0.05, 0) is 56.4 Å². The highest BCUT2D eigenvalue weighted by atomic mass is 16.7. The number of hydrogen-bond donors (Lipinski definition) is 4. The second-order valence-electron chi connectivity index (χ2n) is 9.03. The molecule has 212 valence electrons. The number of aryl methyl sites for hydroxylation is 1. The lowest BCUT2D eigenvalue weighted by atomic mass is 10.1. The molecule has 1 heterocycles. The molecule has 13 nitrogen and oxygen atoms in total. The number of carbonyl (C=O) groups excluding carboxylic acids is 4. The van der Waals surface area contributed by atoms with Gasteiger partial charge in [0, 0.05) is 36.5 Å². The maximum absolute atomic E-state index is 13.3. The third-order valence-electron chi connectivity index (χ3n) is 5.95. The number of hydrogen-bond acceptors (Lipinski definition) is 8. The van der Waals surface area contributed by atoms with Gasteiger partial charge in [-0.3, -0.25) is 9.59 Å². The first-order valence-electron chi connectivity index (χ1n) is 12.5. The summed E-state index contributed by atoms with van der Waals surface area (Å²) >= 11 is 0. The minimum atomic E-state index is -1.34. The molecule has 0 spiro atoms. The van der Waals surface area contributed by atoms with E-state index >= 15 is 0 Å². The number of amidine groups is 1. The Morgan fingerprint density at radius 3 is 2.55 bits per heavy atom. The van der Waals surface area contributed by atoms with Crippen molar-refractivity contribution in [2.24, 2.45) is 10.7 Å². The molecule has 1 aliphatic rings. The summed E-state index contributed by atoms with van der Waals surface area (Å²) in [5.74, 6) is -3.15. The SMILES string of the molecule is CCCNC(=O)c1ccc(C)c(N=C(N)c2[nH]cc(C(=O)N(C(=O)OCOC(=O)/C=C/C(=O)O)C3CC3)c2C)c1. The molecular weight excluding hydrogens is 522 g/mol. The molecule has 0 aliphatic heterocycles. The van der Waals surface area contributed by atoms with Gasteiger partial charge in [-0.15, -0.1) is 0 Å². The largest absolute Gasteiger partial charge is 0.478 e. The van der Waals surface area contributed by atoms with Crippen molar-refractivity contribution >= 4 is 41.4 Å². The Hall–Kier alpha value is -4.94. The highest BCUT2D eigenvalue weighted by Crippen LogP contribution is 2.30. The zero-order chi connectivity index (χ0) is 29.4. The van der Waals surface area contributed by atoms with Crippen LogP contribution in [0, 0.1) is 13.8 Å². The van der Waals surface area contributed by atoms with Crippen LogP contribution in [0.15, 0.2) is 41.5 Å². The third kappa shape index (κ3) is 7.56. The molecule has 13 heteroatoms. The number of amides is 3. The van der Waals surface area contributed by atoms with E-state index in [9.17, 15) is 24.0 Å². The maximum atomic E-state index is 13.3. The van der Waals surface area contributed by atoms with E-state index in [0.717, 1.165) is 16.9 Å². The molecule has 2 aromatic rings. The van der Waals surface area contributed by atoms with E-state index in [1.54, 1.807) is 25.1 Å². The van der Waals surface area contributed by atoms with Crippen LogP contribution in [0.5, 0.6) is 0 Å². The molecule has 0 saturated heterocycles. The number of ether oxygens (including phenoxy) is 2. The van der Waals surface area contributed by atoms with Crippen LogP contribution in [0.2, 0.25) is 0 Å². The van der Waals surface area contributed by atoms with Crippen LogP contribution in [0.4, 0.5) is 10.5 Å². The molecule has 0 bridgehead atoms. The zero-order valence-corrected chi connectivity index (χ0v) is 22.4. The molecular formula is C27H31N5O8. The number of nitrogens with zero attached hydrogens (tertiary/aromatic N) is 2. The average molecular weight is 554 g/mol. The number of carboxylic acid groups (broad SMARTS) is 1. The molecule has 1 saturated carbocycles. The van der Waals surface area contributed by atoms with Crippen molar-refractivity contribution in [2.75, 3.05) is 13.3 Å². The lowest BCUT2D eigenvalue weighted by Gasteiger charge is -2.19. The van der Waals surface area contributed by atoms with Crippen LogP contribution >= 0.6 is 0 Å². The van der Waals surface area contributed by atoms with Gasteiger partial charge >= 0.3 is 18.0 Å².